The minimum atomic E-state index is -4.45. The third-order valence-corrected chi connectivity index (χ3v) is 6.46. The van der Waals surface area contributed by atoms with Gasteiger partial charge in [-0.2, -0.15) is 18.2 Å². The first kappa shape index (κ1) is 22.6. The molecule has 1 aliphatic rings. The largest absolute Gasteiger partial charge is 0.405 e. The highest BCUT2D eigenvalue weighted by Gasteiger charge is 2.41. The van der Waals surface area contributed by atoms with Crippen LogP contribution in [0.25, 0.3) is 20.8 Å². The number of nitrogens with zero attached hydrogens (tertiary/aromatic N) is 3. The number of aliphatic hydroxyl groups is 3. The summed E-state index contributed by atoms with van der Waals surface area (Å²) in [6, 6.07) is 6.81. The minimum Gasteiger partial charge on any atom is -0.396 e. The number of hydrogen-bond donors (Lipinski definition) is 5. The predicted molar refractivity (Wildman–Crippen MR) is 115 cm³/mol. The third kappa shape index (κ3) is 4.63. The molecular weight excluding hydrogens is 447 g/mol. The average Bonchev–Trinajstić information content (AvgIpc) is 3.27. The fraction of sp³-hybridized carbons (Fsp3) is 0.450. The van der Waals surface area contributed by atoms with Crippen LogP contribution >= 0.6 is 11.3 Å². The Morgan fingerprint density at radius 1 is 1.12 bits per heavy atom. The lowest BCUT2D eigenvalue weighted by Crippen LogP contribution is -2.36. The van der Waals surface area contributed by atoms with Crippen molar-refractivity contribution in [2.75, 3.05) is 23.8 Å². The molecule has 3 aromatic rings. The number of halogens is 3. The van der Waals surface area contributed by atoms with Crippen molar-refractivity contribution in [3.05, 3.63) is 30.0 Å². The molecule has 1 aliphatic carbocycles. The van der Waals surface area contributed by atoms with Crippen LogP contribution in [0.15, 0.2) is 24.3 Å². The van der Waals surface area contributed by atoms with E-state index in [1.807, 2.05) is 24.3 Å². The van der Waals surface area contributed by atoms with Gasteiger partial charge in [0.1, 0.15) is 23.5 Å². The Kier molecular flexibility index (Phi) is 6.21. The van der Waals surface area contributed by atoms with E-state index in [9.17, 15) is 28.5 Å². The second-order valence-electron chi connectivity index (χ2n) is 7.72. The summed E-state index contributed by atoms with van der Waals surface area (Å²) in [5, 5.41) is 35.8. The van der Waals surface area contributed by atoms with Crippen LogP contribution in [-0.4, -0.2) is 67.8 Å². The van der Waals surface area contributed by atoms with Crippen LogP contribution in [0.2, 0.25) is 0 Å². The van der Waals surface area contributed by atoms with E-state index >= 15 is 0 Å². The molecule has 2 heterocycles. The summed E-state index contributed by atoms with van der Waals surface area (Å²) in [7, 11) is 0. The third-order valence-electron chi connectivity index (χ3n) is 5.40. The van der Waals surface area contributed by atoms with Crippen molar-refractivity contribution in [2.24, 2.45) is 5.92 Å². The van der Waals surface area contributed by atoms with Crippen LogP contribution in [-0.2, 0) is 0 Å². The van der Waals surface area contributed by atoms with Crippen molar-refractivity contribution in [2.45, 2.75) is 37.8 Å². The number of para-hydroxylation sites is 1. The summed E-state index contributed by atoms with van der Waals surface area (Å²) in [5.74, 6) is -0.561. The second kappa shape index (κ2) is 8.77. The number of rotatable bonds is 6. The molecule has 2 aromatic heterocycles. The highest BCUT2D eigenvalue weighted by Crippen LogP contribution is 2.38. The number of aromatic nitrogens is 3. The zero-order chi connectivity index (χ0) is 23.0. The van der Waals surface area contributed by atoms with Gasteiger partial charge in [0.2, 0.25) is 5.95 Å². The zero-order valence-corrected chi connectivity index (χ0v) is 17.8. The molecule has 1 saturated carbocycles. The minimum absolute atomic E-state index is 0.191. The smallest absolute Gasteiger partial charge is 0.396 e. The summed E-state index contributed by atoms with van der Waals surface area (Å²) < 4.78 is 39.0. The Balaban J connectivity index is 1.74. The van der Waals surface area contributed by atoms with Crippen molar-refractivity contribution in [3.8, 4) is 10.6 Å². The van der Waals surface area contributed by atoms with Crippen molar-refractivity contribution in [1.29, 1.82) is 0 Å². The van der Waals surface area contributed by atoms with Gasteiger partial charge < -0.3 is 26.0 Å². The molecular formula is C20H22F3N5O3S. The van der Waals surface area contributed by atoms with Crippen molar-refractivity contribution >= 4 is 33.3 Å². The fourth-order valence-corrected chi connectivity index (χ4v) is 4.86. The Bertz CT molecular complexity index is 1080. The van der Waals surface area contributed by atoms with Gasteiger partial charge in [0.25, 0.3) is 0 Å². The van der Waals surface area contributed by atoms with Gasteiger partial charge in [0, 0.05) is 12.5 Å². The first-order valence-corrected chi connectivity index (χ1v) is 10.8. The van der Waals surface area contributed by atoms with Crippen molar-refractivity contribution < 1.29 is 28.5 Å². The van der Waals surface area contributed by atoms with E-state index in [4.69, 9.17) is 0 Å². The Morgan fingerprint density at radius 2 is 1.88 bits per heavy atom. The van der Waals surface area contributed by atoms with Crippen molar-refractivity contribution in [1.82, 2.24) is 15.0 Å². The topological polar surface area (TPSA) is 123 Å². The van der Waals surface area contributed by atoms with E-state index in [0.29, 0.717) is 16.3 Å². The molecule has 0 aliphatic heterocycles. The van der Waals surface area contributed by atoms with Crippen LogP contribution in [0, 0.1) is 12.8 Å². The van der Waals surface area contributed by atoms with Gasteiger partial charge in [-0.05, 0) is 25.5 Å². The molecule has 8 nitrogen and oxygen atoms in total. The van der Waals surface area contributed by atoms with Crippen LogP contribution in [0.1, 0.15) is 12.1 Å². The first-order chi connectivity index (χ1) is 15.2. The second-order valence-corrected chi connectivity index (χ2v) is 8.75. The molecule has 1 fully saturated rings. The van der Waals surface area contributed by atoms with Gasteiger partial charge in [-0.3, -0.25) is 0 Å². The zero-order valence-electron chi connectivity index (χ0n) is 17.0. The van der Waals surface area contributed by atoms with Crippen molar-refractivity contribution in [3.63, 3.8) is 0 Å². The predicted octanol–water partition coefficient (Wildman–Crippen LogP) is 2.55. The van der Waals surface area contributed by atoms with Gasteiger partial charge in [-0.25, -0.2) is 9.97 Å². The van der Waals surface area contributed by atoms with Crippen LogP contribution in [0.5, 0.6) is 0 Å². The molecule has 32 heavy (non-hydrogen) atoms. The maximum Gasteiger partial charge on any atom is 0.405 e. The number of thiazole rings is 1. The molecule has 0 radical (unpaired) electrons. The lowest BCUT2D eigenvalue weighted by molar-refractivity contribution is -0.115. The average molecular weight is 469 g/mol. The van der Waals surface area contributed by atoms with E-state index in [1.165, 1.54) is 11.3 Å². The molecule has 172 valence electrons. The van der Waals surface area contributed by atoms with Crippen LogP contribution in [0.3, 0.4) is 0 Å². The quantitative estimate of drug-likeness (QED) is 0.373. The molecule has 5 N–H and O–H groups in total. The lowest BCUT2D eigenvalue weighted by Gasteiger charge is -2.21. The summed E-state index contributed by atoms with van der Waals surface area (Å²) in [4.78, 5) is 13.0. The molecule has 12 heteroatoms. The monoisotopic (exact) mass is 469 g/mol. The number of alkyl halides is 3. The van der Waals surface area contributed by atoms with Gasteiger partial charge in [0.05, 0.1) is 33.6 Å². The van der Waals surface area contributed by atoms with Gasteiger partial charge >= 0.3 is 6.18 Å². The number of benzene rings is 1. The van der Waals surface area contributed by atoms with Gasteiger partial charge in [0.15, 0.2) is 0 Å². The Hall–Kier alpha value is -2.54. The first-order valence-electron chi connectivity index (χ1n) is 9.95. The highest BCUT2D eigenvalue weighted by molar-refractivity contribution is 7.21. The summed E-state index contributed by atoms with van der Waals surface area (Å²) in [5.41, 5.74) is 1.66. The molecule has 1 unspecified atom stereocenters. The number of hydrogen-bond acceptors (Lipinski definition) is 9. The summed E-state index contributed by atoms with van der Waals surface area (Å²) in [6.45, 7) is 0.0372. The highest BCUT2D eigenvalue weighted by atomic mass is 32.1. The molecule has 1 aromatic carbocycles. The SMILES string of the molecule is Cc1nc(NCC(F)(F)F)nc(NC2C[C@H](CO)[C@@H](O)[C@H]2O)c1-c1nc2ccccc2s1. The maximum absolute atomic E-state index is 12.7. The molecule has 4 atom stereocenters. The van der Waals surface area contributed by atoms with E-state index in [-0.39, 0.29) is 24.8 Å². The summed E-state index contributed by atoms with van der Waals surface area (Å²) >= 11 is 1.38. The number of aliphatic hydroxyl groups excluding tert-OH is 3. The van der Waals surface area contributed by atoms with E-state index in [2.05, 4.69) is 25.6 Å². The maximum atomic E-state index is 12.7. The normalized spacial score (nSPS) is 23.6. The standard InChI is InChI=1S/C20H22F3N5O3S/c1-9-14(18-27-11-4-2-3-5-13(11)32-18)17(28-19(25-9)24-8-20(21,22)23)26-12-6-10(7-29)15(30)16(12)31/h2-5,10,12,15-16,29-31H,6-8H2,1H3,(H2,24,25,26,28)/t10-,12?,15-,16+/m1/s1. The van der Waals surface area contributed by atoms with E-state index < -0.39 is 36.9 Å². The Morgan fingerprint density at radius 3 is 2.53 bits per heavy atom. The molecule has 0 bridgehead atoms. The molecule has 4 rings (SSSR count). The molecule has 0 amide bonds. The number of aryl methyl sites for hydroxylation is 1. The van der Waals surface area contributed by atoms with Gasteiger partial charge in [-0.1, -0.05) is 12.1 Å². The number of anilines is 2. The van der Waals surface area contributed by atoms with Gasteiger partial charge in [-0.15, -0.1) is 11.3 Å². The fourth-order valence-electron chi connectivity index (χ4n) is 3.80. The van der Waals surface area contributed by atoms with Crippen LogP contribution < -0.4 is 10.6 Å². The number of fused-ring (bicyclic) bond motifs is 1. The number of nitrogens with one attached hydrogen (secondary N) is 2. The summed E-state index contributed by atoms with van der Waals surface area (Å²) in [6.07, 6.45) is -6.50. The molecule has 0 spiro atoms. The lowest BCUT2D eigenvalue weighted by atomic mass is 10.1. The van der Waals surface area contributed by atoms with E-state index in [0.717, 1.165) is 10.2 Å². The van der Waals surface area contributed by atoms with E-state index in [1.54, 1.807) is 6.92 Å². The molecule has 0 saturated heterocycles. The Labute approximate surface area is 185 Å². The van der Waals surface area contributed by atoms with Crippen LogP contribution in [0.4, 0.5) is 24.9 Å².